The van der Waals surface area contributed by atoms with Gasteiger partial charge in [-0.25, -0.2) is 14.4 Å². The molecule has 1 fully saturated rings. The number of aryl methyl sites for hydroxylation is 2. The summed E-state index contributed by atoms with van der Waals surface area (Å²) in [5, 5.41) is 3.34. The maximum atomic E-state index is 13.8. The number of carbonyl (C=O) groups excluding carboxylic acids is 1. The highest BCUT2D eigenvalue weighted by Gasteiger charge is 2.36. The molecule has 0 aliphatic heterocycles. The van der Waals surface area contributed by atoms with E-state index in [9.17, 15) is 9.18 Å². The van der Waals surface area contributed by atoms with Crippen LogP contribution in [0.4, 0.5) is 21.7 Å². The molecule has 1 N–H and O–H groups in total. The van der Waals surface area contributed by atoms with Gasteiger partial charge in [0.1, 0.15) is 28.7 Å². The molecule has 0 spiro atoms. The molecular formula is C28H30FN5O3. The molecule has 192 valence electrons. The molecule has 8 nitrogen and oxygen atoms in total. The monoisotopic (exact) mass is 503 g/mol. The third-order valence-electron chi connectivity index (χ3n) is 6.68. The smallest absolute Gasteiger partial charge is 0.231 e. The van der Waals surface area contributed by atoms with Crippen LogP contribution in [0.15, 0.2) is 48.8 Å². The van der Waals surface area contributed by atoms with Crippen LogP contribution < -0.4 is 19.7 Å². The maximum absolute atomic E-state index is 13.8. The summed E-state index contributed by atoms with van der Waals surface area (Å²) in [7, 11) is 5.10. The number of ether oxygens (including phenoxy) is 2. The van der Waals surface area contributed by atoms with E-state index in [4.69, 9.17) is 14.5 Å². The van der Waals surface area contributed by atoms with Gasteiger partial charge in [0.25, 0.3) is 0 Å². The summed E-state index contributed by atoms with van der Waals surface area (Å²) in [5.41, 5.74) is 3.88. The number of hydrogen-bond donors (Lipinski definition) is 1. The minimum Gasteiger partial charge on any atom is -0.497 e. The fourth-order valence-corrected chi connectivity index (χ4v) is 4.44. The second-order valence-electron chi connectivity index (χ2n) is 9.21. The van der Waals surface area contributed by atoms with Gasteiger partial charge in [-0.1, -0.05) is 6.92 Å². The number of benzene rings is 2. The third kappa shape index (κ3) is 4.94. The number of carbonyl (C=O) groups is 1. The summed E-state index contributed by atoms with van der Waals surface area (Å²) in [5.74, 6) is 1.99. The molecule has 0 atom stereocenters. The highest BCUT2D eigenvalue weighted by molar-refractivity contribution is 6.02. The van der Waals surface area contributed by atoms with Gasteiger partial charge in [0.15, 0.2) is 5.82 Å². The SMILES string of the molecule is CCc1cc(F)ccc1Nc1cc2c(ncn2C)c(N(Cc2ccc(OC)cc2OC)C(=O)C2CC2)n1. The first-order valence-corrected chi connectivity index (χ1v) is 12.3. The van der Waals surface area contributed by atoms with Gasteiger partial charge in [0.05, 0.1) is 32.6 Å². The Labute approximate surface area is 215 Å². The number of hydrogen-bond acceptors (Lipinski definition) is 6. The number of pyridine rings is 1. The Morgan fingerprint density at radius 2 is 1.95 bits per heavy atom. The lowest BCUT2D eigenvalue weighted by atomic mass is 10.1. The number of aromatic nitrogens is 3. The van der Waals surface area contributed by atoms with E-state index in [2.05, 4.69) is 10.3 Å². The second-order valence-corrected chi connectivity index (χ2v) is 9.21. The average Bonchev–Trinajstić information content (AvgIpc) is 3.70. The van der Waals surface area contributed by atoms with Gasteiger partial charge in [0, 0.05) is 36.3 Å². The first kappa shape index (κ1) is 24.5. The molecule has 2 aromatic heterocycles. The van der Waals surface area contributed by atoms with Crippen molar-refractivity contribution in [2.75, 3.05) is 24.4 Å². The number of amides is 1. The van der Waals surface area contributed by atoms with E-state index in [0.29, 0.717) is 35.1 Å². The minimum atomic E-state index is -0.284. The number of halogens is 1. The zero-order valence-electron chi connectivity index (χ0n) is 21.4. The summed E-state index contributed by atoms with van der Waals surface area (Å²) < 4.78 is 26.7. The highest BCUT2D eigenvalue weighted by atomic mass is 19.1. The Kier molecular flexibility index (Phi) is 6.69. The van der Waals surface area contributed by atoms with Crippen LogP contribution in [0.1, 0.15) is 30.9 Å². The lowest BCUT2D eigenvalue weighted by Crippen LogP contribution is -2.33. The van der Waals surface area contributed by atoms with E-state index >= 15 is 0 Å². The number of fused-ring (bicyclic) bond motifs is 1. The maximum Gasteiger partial charge on any atom is 0.231 e. The Hall–Kier alpha value is -4.14. The second kappa shape index (κ2) is 10.1. The third-order valence-corrected chi connectivity index (χ3v) is 6.68. The zero-order valence-corrected chi connectivity index (χ0v) is 21.4. The summed E-state index contributed by atoms with van der Waals surface area (Å²) in [6, 6.07) is 12.1. The predicted molar refractivity (Wildman–Crippen MR) is 141 cm³/mol. The number of imidazole rings is 1. The highest BCUT2D eigenvalue weighted by Crippen LogP contribution is 2.37. The Morgan fingerprint density at radius 3 is 2.65 bits per heavy atom. The average molecular weight is 504 g/mol. The Balaban J connectivity index is 1.61. The van der Waals surface area contributed by atoms with Crippen LogP contribution in [-0.4, -0.2) is 34.7 Å². The van der Waals surface area contributed by atoms with Crippen molar-refractivity contribution in [3.8, 4) is 11.5 Å². The van der Waals surface area contributed by atoms with Crippen molar-refractivity contribution in [3.05, 3.63) is 65.7 Å². The summed E-state index contributed by atoms with van der Waals surface area (Å²) in [4.78, 5) is 24.8. The van der Waals surface area contributed by atoms with Crippen molar-refractivity contribution in [1.29, 1.82) is 0 Å². The molecule has 37 heavy (non-hydrogen) atoms. The van der Waals surface area contributed by atoms with Crippen molar-refractivity contribution < 1.29 is 18.7 Å². The molecule has 9 heteroatoms. The van der Waals surface area contributed by atoms with Gasteiger partial charge in [0.2, 0.25) is 5.91 Å². The number of methoxy groups -OCH3 is 2. The van der Waals surface area contributed by atoms with Gasteiger partial charge >= 0.3 is 0 Å². The predicted octanol–water partition coefficient (Wildman–Crippen LogP) is 5.37. The summed E-state index contributed by atoms with van der Waals surface area (Å²) >= 11 is 0. The van der Waals surface area contributed by atoms with Crippen LogP contribution in [0.25, 0.3) is 11.0 Å². The summed E-state index contributed by atoms with van der Waals surface area (Å²) in [6.45, 7) is 2.24. The molecule has 0 radical (unpaired) electrons. The van der Waals surface area contributed by atoms with Crippen LogP contribution in [0, 0.1) is 11.7 Å². The van der Waals surface area contributed by atoms with Crippen LogP contribution >= 0.6 is 0 Å². The quantitative estimate of drug-likeness (QED) is 0.331. The molecule has 0 saturated heterocycles. The van der Waals surface area contributed by atoms with Gasteiger partial charge in [-0.15, -0.1) is 0 Å². The standard InChI is InChI=1S/C28H30FN5O3/c1-5-17-12-20(29)9-11-22(17)31-25-14-23-26(30-16-33(23)2)27(32-25)34(28(35)18-6-7-18)15-19-8-10-21(36-3)13-24(19)37-4/h8-14,16,18H,5-7,15H2,1-4H3,(H,31,32). The van der Waals surface area contributed by atoms with E-state index < -0.39 is 0 Å². The van der Waals surface area contributed by atoms with E-state index in [1.54, 1.807) is 37.6 Å². The van der Waals surface area contributed by atoms with Crippen molar-refractivity contribution >= 4 is 34.3 Å². The molecule has 1 amide bonds. The zero-order chi connectivity index (χ0) is 26.1. The van der Waals surface area contributed by atoms with Gasteiger partial charge in [-0.05, 0) is 55.2 Å². The lowest BCUT2D eigenvalue weighted by molar-refractivity contribution is -0.119. The molecule has 2 aromatic carbocycles. The molecule has 1 saturated carbocycles. The number of anilines is 3. The van der Waals surface area contributed by atoms with Gasteiger partial charge in [-0.3, -0.25) is 9.69 Å². The molecule has 4 aromatic rings. The molecule has 5 rings (SSSR count). The van der Waals surface area contributed by atoms with Crippen LogP contribution in [-0.2, 0) is 24.8 Å². The molecule has 1 aliphatic carbocycles. The normalized spacial score (nSPS) is 13.0. The van der Waals surface area contributed by atoms with Crippen molar-refractivity contribution in [1.82, 2.24) is 14.5 Å². The molecule has 2 heterocycles. The fourth-order valence-electron chi connectivity index (χ4n) is 4.44. The Bertz CT molecular complexity index is 1460. The largest absolute Gasteiger partial charge is 0.497 e. The minimum absolute atomic E-state index is 0.00510. The topological polar surface area (TPSA) is 81.5 Å². The van der Waals surface area contributed by atoms with Gasteiger partial charge < -0.3 is 19.4 Å². The van der Waals surface area contributed by atoms with Crippen LogP contribution in [0.3, 0.4) is 0 Å². The fraction of sp³-hybridized carbons (Fsp3) is 0.321. The Morgan fingerprint density at radius 1 is 1.14 bits per heavy atom. The molecule has 0 unspecified atom stereocenters. The van der Waals surface area contributed by atoms with E-state index in [1.807, 2.05) is 36.7 Å². The van der Waals surface area contributed by atoms with Crippen LogP contribution in [0.2, 0.25) is 0 Å². The first-order chi connectivity index (χ1) is 17.9. The van der Waals surface area contributed by atoms with Gasteiger partial charge in [-0.2, -0.15) is 0 Å². The molecule has 0 bridgehead atoms. The molecule has 1 aliphatic rings. The number of nitrogens with zero attached hydrogens (tertiary/aromatic N) is 4. The van der Waals surface area contributed by atoms with E-state index in [0.717, 1.165) is 35.2 Å². The first-order valence-electron chi connectivity index (χ1n) is 12.3. The van der Waals surface area contributed by atoms with Crippen LogP contribution in [0.5, 0.6) is 11.5 Å². The van der Waals surface area contributed by atoms with E-state index in [-0.39, 0.29) is 24.2 Å². The van der Waals surface area contributed by atoms with Crippen molar-refractivity contribution in [3.63, 3.8) is 0 Å². The lowest BCUT2D eigenvalue weighted by Gasteiger charge is -2.24. The van der Waals surface area contributed by atoms with E-state index in [1.165, 1.54) is 12.1 Å². The summed E-state index contributed by atoms with van der Waals surface area (Å²) in [6.07, 6.45) is 4.08. The van der Waals surface area contributed by atoms with Crippen molar-refractivity contribution in [2.24, 2.45) is 13.0 Å². The number of nitrogens with one attached hydrogen (secondary N) is 1. The molecular weight excluding hydrogens is 473 g/mol. The number of rotatable bonds is 9. The van der Waals surface area contributed by atoms with Crippen molar-refractivity contribution in [2.45, 2.75) is 32.7 Å².